The molecule has 0 spiro atoms. The summed E-state index contributed by atoms with van der Waals surface area (Å²) in [5.41, 5.74) is -0.0253. The smallest absolute Gasteiger partial charge is 0.330 e. The van der Waals surface area contributed by atoms with Crippen molar-refractivity contribution in [3.05, 3.63) is 27.0 Å². The molecule has 1 aromatic heterocycles. The van der Waals surface area contributed by atoms with Gasteiger partial charge in [-0.3, -0.25) is 14.2 Å². The topological polar surface area (TPSA) is 76.3 Å². The molecule has 1 N–H and O–H groups in total. The Morgan fingerprint density at radius 2 is 1.83 bits per heavy atom. The highest BCUT2D eigenvalue weighted by Gasteiger charge is 2.27. The minimum atomic E-state index is -0.319. The van der Waals surface area contributed by atoms with E-state index in [0.717, 1.165) is 17.4 Å². The predicted molar refractivity (Wildman–Crippen MR) is 87.6 cm³/mol. The van der Waals surface area contributed by atoms with Crippen LogP contribution in [0.25, 0.3) is 0 Å². The summed E-state index contributed by atoms with van der Waals surface area (Å²) in [6.45, 7) is 1.42. The van der Waals surface area contributed by atoms with Gasteiger partial charge in [-0.05, 0) is 31.6 Å². The van der Waals surface area contributed by atoms with E-state index in [1.807, 2.05) is 4.90 Å². The predicted octanol–water partition coefficient (Wildman–Crippen LogP) is -0.0309. The average Bonchev–Trinajstić information content (AvgIpc) is 3.33. The van der Waals surface area contributed by atoms with E-state index >= 15 is 0 Å². The van der Waals surface area contributed by atoms with Crippen molar-refractivity contribution >= 4 is 11.6 Å². The van der Waals surface area contributed by atoms with Crippen molar-refractivity contribution in [2.24, 2.45) is 20.0 Å². The minimum absolute atomic E-state index is 0.156. The molecule has 2 fully saturated rings. The number of amides is 1. The van der Waals surface area contributed by atoms with Crippen molar-refractivity contribution < 1.29 is 4.79 Å². The van der Waals surface area contributed by atoms with Crippen LogP contribution in [0.5, 0.6) is 0 Å². The van der Waals surface area contributed by atoms with Gasteiger partial charge in [-0.1, -0.05) is 0 Å². The number of hydrogen-bond acceptors (Lipinski definition) is 4. The summed E-state index contributed by atoms with van der Waals surface area (Å²) in [6.07, 6.45) is 6.27. The third kappa shape index (κ3) is 3.48. The number of hydrogen-bond donors (Lipinski definition) is 1. The molecular formula is C16H24N4O3. The molecule has 0 radical (unpaired) electrons. The number of aromatic nitrogens is 2. The number of nitrogens with zero attached hydrogens (tertiary/aromatic N) is 3. The van der Waals surface area contributed by atoms with Gasteiger partial charge < -0.3 is 14.8 Å². The fraction of sp³-hybridized carbons (Fsp3) is 0.688. The zero-order valence-corrected chi connectivity index (χ0v) is 13.7. The van der Waals surface area contributed by atoms with Crippen molar-refractivity contribution in [2.45, 2.75) is 38.1 Å². The first-order valence-electron chi connectivity index (χ1n) is 8.26. The number of piperidine rings is 1. The molecule has 3 rings (SSSR count). The lowest BCUT2D eigenvalue weighted by Gasteiger charge is -2.33. The maximum atomic E-state index is 12.3. The number of rotatable bonds is 4. The molecule has 126 valence electrons. The lowest BCUT2D eigenvalue weighted by atomic mass is 10.0. The fourth-order valence-corrected chi connectivity index (χ4v) is 3.14. The monoisotopic (exact) mass is 320 g/mol. The number of carbonyl (C=O) groups is 1. The van der Waals surface area contributed by atoms with Gasteiger partial charge in [-0.15, -0.1) is 0 Å². The van der Waals surface area contributed by atoms with E-state index in [4.69, 9.17) is 0 Å². The number of anilines is 1. The molecule has 1 aromatic rings. The van der Waals surface area contributed by atoms with Crippen molar-refractivity contribution in [3.63, 3.8) is 0 Å². The Kier molecular flexibility index (Phi) is 4.28. The Morgan fingerprint density at radius 3 is 2.43 bits per heavy atom. The quantitative estimate of drug-likeness (QED) is 0.845. The first kappa shape index (κ1) is 15.8. The van der Waals surface area contributed by atoms with Crippen LogP contribution < -0.4 is 21.5 Å². The summed E-state index contributed by atoms with van der Waals surface area (Å²) in [6, 6.07) is 0.189. The normalized spacial score (nSPS) is 19.0. The molecule has 0 atom stereocenters. The van der Waals surface area contributed by atoms with Crippen LogP contribution >= 0.6 is 0 Å². The van der Waals surface area contributed by atoms with E-state index in [-0.39, 0.29) is 23.2 Å². The van der Waals surface area contributed by atoms with Crippen molar-refractivity contribution in [1.29, 1.82) is 0 Å². The van der Waals surface area contributed by atoms with Crippen LogP contribution in [0, 0.1) is 5.92 Å². The van der Waals surface area contributed by atoms with Gasteiger partial charge in [-0.25, -0.2) is 4.79 Å². The van der Waals surface area contributed by atoms with E-state index in [0.29, 0.717) is 31.1 Å². The zero-order valence-electron chi connectivity index (χ0n) is 13.7. The molecule has 2 aliphatic rings. The van der Waals surface area contributed by atoms with Gasteiger partial charge in [0.15, 0.2) is 0 Å². The zero-order chi connectivity index (χ0) is 16.6. The maximum Gasteiger partial charge on any atom is 0.330 e. The lowest BCUT2D eigenvalue weighted by molar-refractivity contribution is -0.122. The molecule has 1 aliphatic heterocycles. The molecule has 0 bridgehead atoms. The van der Waals surface area contributed by atoms with Crippen LogP contribution in [0.1, 0.15) is 32.1 Å². The standard InChI is InChI=1S/C16H24N4O3/c1-18-10-13(15(22)19(2)16(18)23)20-7-5-12(6-8-20)17-14(21)9-11-3-4-11/h10-12H,3-9H2,1-2H3,(H,17,21). The summed E-state index contributed by atoms with van der Waals surface area (Å²) >= 11 is 0. The van der Waals surface area contributed by atoms with Crippen LogP contribution in [-0.2, 0) is 18.9 Å². The summed E-state index contributed by atoms with van der Waals surface area (Å²) in [5, 5.41) is 3.10. The molecule has 1 saturated carbocycles. The van der Waals surface area contributed by atoms with Gasteiger partial charge in [0, 0.05) is 45.8 Å². The Bertz CT molecular complexity index is 709. The van der Waals surface area contributed by atoms with Crippen molar-refractivity contribution in [1.82, 2.24) is 14.5 Å². The van der Waals surface area contributed by atoms with E-state index in [1.54, 1.807) is 13.2 Å². The van der Waals surface area contributed by atoms with Gasteiger partial charge >= 0.3 is 5.69 Å². The maximum absolute atomic E-state index is 12.3. The highest BCUT2D eigenvalue weighted by Crippen LogP contribution is 2.32. The first-order valence-corrected chi connectivity index (χ1v) is 8.26. The Morgan fingerprint density at radius 1 is 1.17 bits per heavy atom. The van der Waals surface area contributed by atoms with Crippen LogP contribution in [0.4, 0.5) is 5.69 Å². The summed E-state index contributed by atoms with van der Waals surface area (Å²) in [4.78, 5) is 37.9. The third-order valence-corrected chi connectivity index (χ3v) is 4.80. The summed E-state index contributed by atoms with van der Waals surface area (Å²) < 4.78 is 2.57. The van der Waals surface area contributed by atoms with Crippen LogP contribution in [0.2, 0.25) is 0 Å². The van der Waals surface area contributed by atoms with Crippen LogP contribution in [0.15, 0.2) is 15.8 Å². The second kappa shape index (κ2) is 6.22. The van der Waals surface area contributed by atoms with Crippen LogP contribution in [-0.4, -0.2) is 34.2 Å². The van der Waals surface area contributed by atoms with E-state index < -0.39 is 0 Å². The highest BCUT2D eigenvalue weighted by molar-refractivity contribution is 5.76. The Hall–Kier alpha value is -2.05. The van der Waals surface area contributed by atoms with Gasteiger partial charge in [0.25, 0.3) is 5.56 Å². The van der Waals surface area contributed by atoms with Crippen molar-refractivity contribution in [3.8, 4) is 0 Å². The Labute approximate surface area is 134 Å². The second-order valence-electron chi connectivity index (χ2n) is 6.75. The van der Waals surface area contributed by atoms with Gasteiger partial charge in [0.2, 0.25) is 5.91 Å². The lowest BCUT2D eigenvalue weighted by Crippen LogP contribution is -2.47. The molecule has 1 aliphatic carbocycles. The van der Waals surface area contributed by atoms with Gasteiger partial charge in [-0.2, -0.15) is 0 Å². The molecule has 1 saturated heterocycles. The Balaban J connectivity index is 1.61. The number of nitrogens with one attached hydrogen (secondary N) is 1. The second-order valence-corrected chi connectivity index (χ2v) is 6.75. The van der Waals surface area contributed by atoms with E-state index in [2.05, 4.69) is 5.32 Å². The largest absolute Gasteiger partial charge is 0.366 e. The molecule has 7 heteroatoms. The van der Waals surface area contributed by atoms with E-state index in [1.165, 1.54) is 24.5 Å². The molecule has 23 heavy (non-hydrogen) atoms. The van der Waals surface area contributed by atoms with Crippen LogP contribution in [0.3, 0.4) is 0 Å². The molecule has 0 aromatic carbocycles. The SMILES string of the molecule is Cn1cc(N2CCC(NC(=O)CC3CC3)CC2)c(=O)n(C)c1=O. The molecule has 2 heterocycles. The van der Waals surface area contributed by atoms with E-state index in [9.17, 15) is 14.4 Å². The first-order chi connectivity index (χ1) is 11.0. The van der Waals surface area contributed by atoms with Gasteiger partial charge in [0.05, 0.1) is 0 Å². The summed E-state index contributed by atoms with van der Waals surface area (Å²) in [7, 11) is 3.15. The number of carbonyl (C=O) groups excluding carboxylic acids is 1. The molecular weight excluding hydrogens is 296 g/mol. The third-order valence-electron chi connectivity index (χ3n) is 4.80. The van der Waals surface area contributed by atoms with Crippen molar-refractivity contribution in [2.75, 3.05) is 18.0 Å². The summed E-state index contributed by atoms with van der Waals surface area (Å²) in [5.74, 6) is 0.757. The van der Waals surface area contributed by atoms with Gasteiger partial charge in [0.1, 0.15) is 5.69 Å². The highest BCUT2D eigenvalue weighted by atomic mass is 16.2. The minimum Gasteiger partial charge on any atom is -0.366 e. The molecule has 7 nitrogen and oxygen atoms in total. The molecule has 0 unspecified atom stereocenters. The number of aryl methyl sites for hydroxylation is 1. The fourth-order valence-electron chi connectivity index (χ4n) is 3.14. The average molecular weight is 320 g/mol. The molecule has 1 amide bonds.